The standard InChI is InChI=1S/C14H25NO4/c1-13(18)6-8-15(9-7-13)10-14(19)4-2-11(3-5-14)12(16)17/h11,18-19H,2-10H2,1H3,(H,16,17). The highest BCUT2D eigenvalue weighted by molar-refractivity contribution is 5.70. The molecule has 1 saturated heterocycles. The Morgan fingerprint density at radius 2 is 1.68 bits per heavy atom. The van der Waals surface area contributed by atoms with Gasteiger partial charge in [-0.1, -0.05) is 0 Å². The Balaban J connectivity index is 1.81. The molecule has 1 aliphatic heterocycles. The third-order valence-corrected chi connectivity index (χ3v) is 4.72. The van der Waals surface area contributed by atoms with Gasteiger partial charge in [0.25, 0.3) is 0 Å². The monoisotopic (exact) mass is 271 g/mol. The van der Waals surface area contributed by atoms with Gasteiger partial charge in [-0.25, -0.2) is 0 Å². The van der Waals surface area contributed by atoms with Crippen molar-refractivity contribution < 1.29 is 20.1 Å². The van der Waals surface area contributed by atoms with E-state index in [4.69, 9.17) is 5.11 Å². The van der Waals surface area contributed by atoms with Crippen LogP contribution >= 0.6 is 0 Å². The molecule has 1 heterocycles. The van der Waals surface area contributed by atoms with Crippen LogP contribution in [0.5, 0.6) is 0 Å². The van der Waals surface area contributed by atoms with Crippen molar-refractivity contribution in [2.75, 3.05) is 19.6 Å². The number of hydrogen-bond acceptors (Lipinski definition) is 4. The lowest BCUT2D eigenvalue weighted by Crippen LogP contribution is -2.50. The zero-order chi connectivity index (χ0) is 14.1. The first kappa shape index (κ1) is 14.8. The lowest BCUT2D eigenvalue weighted by atomic mass is 9.78. The van der Waals surface area contributed by atoms with E-state index in [0.717, 1.165) is 25.9 Å². The summed E-state index contributed by atoms with van der Waals surface area (Å²) in [5.74, 6) is -1.03. The predicted octanol–water partition coefficient (Wildman–Crippen LogP) is 0.839. The van der Waals surface area contributed by atoms with Crippen LogP contribution in [0.3, 0.4) is 0 Å². The molecule has 0 unspecified atom stereocenters. The molecule has 0 atom stereocenters. The molecule has 0 aromatic heterocycles. The predicted molar refractivity (Wildman–Crippen MR) is 70.8 cm³/mol. The summed E-state index contributed by atoms with van der Waals surface area (Å²) >= 11 is 0. The minimum absolute atomic E-state index is 0.289. The molecule has 0 aromatic carbocycles. The van der Waals surface area contributed by atoms with Gasteiger partial charge in [-0.05, 0) is 45.4 Å². The van der Waals surface area contributed by atoms with E-state index in [1.165, 1.54) is 0 Å². The topological polar surface area (TPSA) is 81.0 Å². The molecule has 110 valence electrons. The van der Waals surface area contributed by atoms with Gasteiger partial charge in [-0.2, -0.15) is 0 Å². The fourth-order valence-corrected chi connectivity index (χ4v) is 3.17. The summed E-state index contributed by atoms with van der Waals surface area (Å²) in [6, 6.07) is 0. The molecule has 19 heavy (non-hydrogen) atoms. The van der Waals surface area contributed by atoms with E-state index in [0.29, 0.717) is 32.2 Å². The molecule has 5 heteroatoms. The average Bonchev–Trinajstić information content (AvgIpc) is 2.32. The van der Waals surface area contributed by atoms with Gasteiger partial charge in [0.2, 0.25) is 0 Å². The Kier molecular flexibility index (Phi) is 4.18. The summed E-state index contributed by atoms with van der Waals surface area (Å²) in [6.07, 6.45) is 3.74. The molecule has 0 bridgehead atoms. The van der Waals surface area contributed by atoms with Crippen LogP contribution in [-0.2, 0) is 4.79 Å². The first-order valence-corrected chi connectivity index (χ1v) is 7.20. The highest BCUT2D eigenvalue weighted by atomic mass is 16.4. The van der Waals surface area contributed by atoms with E-state index in [9.17, 15) is 15.0 Å². The quantitative estimate of drug-likeness (QED) is 0.708. The Labute approximate surface area is 114 Å². The van der Waals surface area contributed by atoms with Crippen molar-refractivity contribution in [1.82, 2.24) is 4.90 Å². The van der Waals surface area contributed by atoms with Crippen LogP contribution in [0.2, 0.25) is 0 Å². The maximum atomic E-state index is 10.9. The van der Waals surface area contributed by atoms with E-state index in [1.807, 2.05) is 6.92 Å². The third kappa shape index (κ3) is 3.91. The van der Waals surface area contributed by atoms with Crippen LogP contribution in [0.25, 0.3) is 0 Å². The van der Waals surface area contributed by atoms with E-state index >= 15 is 0 Å². The minimum Gasteiger partial charge on any atom is -0.481 e. The highest BCUT2D eigenvalue weighted by Gasteiger charge is 2.38. The number of piperidine rings is 1. The third-order valence-electron chi connectivity index (χ3n) is 4.72. The molecule has 0 spiro atoms. The molecule has 5 nitrogen and oxygen atoms in total. The first-order chi connectivity index (χ1) is 8.80. The molecular formula is C14H25NO4. The van der Waals surface area contributed by atoms with Gasteiger partial charge in [-0.3, -0.25) is 4.79 Å². The number of β-amino-alcohol motifs (C(OH)–C–C–N with tert-alkyl or cyclic N) is 1. The van der Waals surface area contributed by atoms with Crippen LogP contribution in [0.1, 0.15) is 45.4 Å². The average molecular weight is 271 g/mol. The van der Waals surface area contributed by atoms with Crippen LogP contribution in [0, 0.1) is 5.92 Å². The smallest absolute Gasteiger partial charge is 0.306 e. The fourth-order valence-electron chi connectivity index (χ4n) is 3.17. The molecule has 2 rings (SSSR count). The van der Waals surface area contributed by atoms with E-state index in [1.54, 1.807) is 0 Å². The molecule has 2 fully saturated rings. The van der Waals surface area contributed by atoms with Gasteiger partial charge >= 0.3 is 5.97 Å². The van der Waals surface area contributed by atoms with Crippen LogP contribution in [0.15, 0.2) is 0 Å². The maximum absolute atomic E-state index is 10.9. The Morgan fingerprint density at radius 3 is 2.16 bits per heavy atom. The minimum atomic E-state index is -0.741. The molecule has 1 aliphatic carbocycles. The van der Waals surface area contributed by atoms with Crippen molar-refractivity contribution in [3.63, 3.8) is 0 Å². The Bertz CT molecular complexity index is 324. The van der Waals surface area contributed by atoms with Gasteiger partial charge in [0.15, 0.2) is 0 Å². The normalized spacial score (nSPS) is 36.1. The van der Waals surface area contributed by atoms with Crippen molar-refractivity contribution in [1.29, 1.82) is 0 Å². The van der Waals surface area contributed by atoms with Crippen molar-refractivity contribution in [2.45, 2.75) is 56.7 Å². The van der Waals surface area contributed by atoms with E-state index in [2.05, 4.69) is 4.90 Å². The molecule has 2 aliphatic rings. The van der Waals surface area contributed by atoms with Gasteiger partial charge in [0.05, 0.1) is 17.1 Å². The zero-order valence-corrected chi connectivity index (χ0v) is 11.6. The van der Waals surface area contributed by atoms with Gasteiger partial charge in [-0.15, -0.1) is 0 Å². The lowest BCUT2D eigenvalue weighted by Gasteiger charge is -2.42. The van der Waals surface area contributed by atoms with Crippen molar-refractivity contribution in [2.24, 2.45) is 5.92 Å². The fraction of sp³-hybridized carbons (Fsp3) is 0.929. The van der Waals surface area contributed by atoms with Crippen molar-refractivity contribution in [3.05, 3.63) is 0 Å². The largest absolute Gasteiger partial charge is 0.481 e. The van der Waals surface area contributed by atoms with Crippen molar-refractivity contribution in [3.8, 4) is 0 Å². The molecule has 0 radical (unpaired) electrons. The lowest BCUT2D eigenvalue weighted by molar-refractivity contribution is -0.145. The maximum Gasteiger partial charge on any atom is 0.306 e. The second-order valence-electron chi connectivity index (χ2n) is 6.61. The SMILES string of the molecule is CC1(O)CCN(CC2(O)CCC(C(=O)O)CC2)CC1. The van der Waals surface area contributed by atoms with E-state index < -0.39 is 17.2 Å². The first-order valence-electron chi connectivity index (χ1n) is 7.20. The van der Waals surface area contributed by atoms with Gasteiger partial charge < -0.3 is 20.2 Å². The molecule has 3 N–H and O–H groups in total. The number of carbonyl (C=O) groups is 1. The highest BCUT2D eigenvalue weighted by Crippen LogP contribution is 2.34. The second kappa shape index (κ2) is 5.38. The second-order valence-corrected chi connectivity index (χ2v) is 6.61. The number of likely N-dealkylation sites (tertiary alicyclic amines) is 1. The van der Waals surface area contributed by atoms with Crippen LogP contribution in [0.4, 0.5) is 0 Å². The number of carboxylic acids is 1. The number of rotatable bonds is 3. The molecule has 0 aromatic rings. The Morgan fingerprint density at radius 1 is 1.16 bits per heavy atom. The summed E-state index contributed by atoms with van der Waals surface area (Å²) in [6.45, 7) is 4.07. The number of hydrogen-bond donors (Lipinski definition) is 3. The number of aliphatic hydroxyl groups is 2. The zero-order valence-electron chi connectivity index (χ0n) is 11.6. The van der Waals surface area contributed by atoms with Crippen LogP contribution < -0.4 is 0 Å². The summed E-state index contributed by atoms with van der Waals surface area (Å²) in [5, 5.41) is 29.4. The summed E-state index contributed by atoms with van der Waals surface area (Å²) < 4.78 is 0. The van der Waals surface area contributed by atoms with E-state index in [-0.39, 0.29) is 5.92 Å². The van der Waals surface area contributed by atoms with Crippen molar-refractivity contribution >= 4 is 5.97 Å². The number of carboxylic acid groups (broad SMARTS) is 1. The molecular weight excluding hydrogens is 246 g/mol. The summed E-state index contributed by atoms with van der Waals surface area (Å²) in [5.41, 5.74) is -1.31. The van der Waals surface area contributed by atoms with Gasteiger partial charge in [0, 0.05) is 19.6 Å². The van der Waals surface area contributed by atoms with Crippen LogP contribution in [-0.4, -0.2) is 57.0 Å². The summed E-state index contributed by atoms with van der Waals surface area (Å²) in [4.78, 5) is 13.1. The number of aliphatic carboxylic acids is 1. The summed E-state index contributed by atoms with van der Waals surface area (Å²) in [7, 11) is 0. The molecule has 0 amide bonds. The van der Waals surface area contributed by atoms with Gasteiger partial charge in [0.1, 0.15) is 0 Å². The number of nitrogens with zero attached hydrogens (tertiary/aromatic N) is 1. The Hall–Kier alpha value is -0.650. The molecule has 1 saturated carbocycles.